The Kier molecular flexibility index (Phi) is 3.03. The molecule has 1 unspecified atom stereocenters. The summed E-state index contributed by atoms with van der Waals surface area (Å²) in [5, 5.41) is 0. The average molecular weight is 292 g/mol. The van der Waals surface area contributed by atoms with Crippen LogP contribution in [0.2, 0.25) is 0 Å². The van der Waals surface area contributed by atoms with Crippen molar-refractivity contribution in [3.05, 3.63) is 0 Å². The van der Waals surface area contributed by atoms with Crippen LogP contribution in [0.5, 0.6) is 0 Å². The zero-order chi connectivity index (χ0) is 14.6. The monoisotopic (exact) mass is 292 g/mol. The number of hydrogen-bond acceptors (Lipinski definition) is 3. The molecular formula is C16H24N2O3. The molecule has 2 heterocycles. The predicted molar refractivity (Wildman–Crippen MR) is 76.5 cm³/mol. The Morgan fingerprint density at radius 1 is 1.24 bits per heavy atom. The van der Waals surface area contributed by atoms with E-state index >= 15 is 0 Å². The summed E-state index contributed by atoms with van der Waals surface area (Å²) in [4.78, 5) is 28.5. The highest BCUT2D eigenvalue weighted by atomic mass is 16.5. The molecule has 0 aromatic heterocycles. The highest BCUT2D eigenvalue weighted by molar-refractivity contribution is 5.90. The molecule has 4 aliphatic rings. The molecule has 2 saturated carbocycles. The molecule has 0 radical (unpaired) electrons. The number of ether oxygens (including phenoxy) is 1. The number of β-lactam (4-membered cyclic amide) rings is 1. The van der Waals surface area contributed by atoms with Crippen LogP contribution in [0.3, 0.4) is 0 Å². The van der Waals surface area contributed by atoms with Crippen molar-refractivity contribution in [2.45, 2.75) is 50.2 Å². The molecule has 2 saturated heterocycles. The van der Waals surface area contributed by atoms with Gasteiger partial charge < -0.3 is 14.5 Å². The fourth-order valence-corrected chi connectivity index (χ4v) is 4.05. The summed E-state index contributed by atoms with van der Waals surface area (Å²) in [6.07, 6.45) is 6.11. The van der Waals surface area contributed by atoms with Gasteiger partial charge in [0.2, 0.25) is 5.91 Å². The van der Waals surface area contributed by atoms with Crippen LogP contribution >= 0.6 is 0 Å². The standard InChI is InChI=1S/C16H24N2O3/c1-21-13-15(20)18(10-11-2-3-11)16(13)6-8-17(9-7-16)14(19)12-4-5-12/h11-13H,2-10H2,1H3. The molecule has 2 aliphatic carbocycles. The van der Waals surface area contributed by atoms with Crippen molar-refractivity contribution < 1.29 is 14.3 Å². The van der Waals surface area contributed by atoms with Gasteiger partial charge in [0.1, 0.15) is 0 Å². The molecule has 0 aromatic carbocycles. The van der Waals surface area contributed by atoms with E-state index in [-0.39, 0.29) is 17.6 Å². The third-order valence-electron chi connectivity index (χ3n) is 5.76. The first-order chi connectivity index (χ1) is 10.2. The SMILES string of the molecule is COC1C(=O)N(CC2CC2)C12CCN(C(=O)C1CC1)CC2. The largest absolute Gasteiger partial charge is 0.369 e. The topological polar surface area (TPSA) is 49.9 Å². The third-order valence-corrected chi connectivity index (χ3v) is 5.76. The van der Waals surface area contributed by atoms with E-state index in [9.17, 15) is 9.59 Å². The van der Waals surface area contributed by atoms with Crippen molar-refractivity contribution in [1.82, 2.24) is 9.80 Å². The molecule has 1 spiro atoms. The summed E-state index contributed by atoms with van der Waals surface area (Å²) in [5.74, 6) is 1.49. The number of rotatable bonds is 4. The average Bonchev–Trinajstić information content (AvgIpc) is 3.39. The first kappa shape index (κ1) is 13.6. The van der Waals surface area contributed by atoms with Gasteiger partial charge in [0.05, 0.1) is 5.54 Å². The number of piperidine rings is 1. The van der Waals surface area contributed by atoms with Crippen molar-refractivity contribution in [1.29, 1.82) is 0 Å². The van der Waals surface area contributed by atoms with E-state index in [0.29, 0.717) is 17.7 Å². The van der Waals surface area contributed by atoms with Crippen LogP contribution < -0.4 is 0 Å². The molecule has 2 aliphatic heterocycles. The van der Waals surface area contributed by atoms with Crippen LogP contribution in [0.25, 0.3) is 0 Å². The second-order valence-corrected chi connectivity index (χ2v) is 7.21. The highest BCUT2D eigenvalue weighted by Gasteiger charge is 2.62. The van der Waals surface area contributed by atoms with E-state index in [0.717, 1.165) is 45.3 Å². The van der Waals surface area contributed by atoms with Crippen molar-refractivity contribution in [2.24, 2.45) is 11.8 Å². The van der Waals surface area contributed by atoms with Gasteiger partial charge in [-0.1, -0.05) is 0 Å². The maximum absolute atomic E-state index is 12.3. The summed E-state index contributed by atoms with van der Waals surface area (Å²) in [5.41, 5.74) is -0.130. The van der Waals surface area contributed by atoms with Crippen LogP contribution in [0, 0.1) is 11.8 Å². The predicted octanol–water partition coefficient (Wildman–Crippen LogP) is 1.02. The maximum atomic E-state index is 12.3. The van der Waals surface area contributed by atoms with Crippen LogP contribution in [0.15, 0.2) is 0 Å². The van der Waals surface area contributed by atoms with Gasteiger partial charge in [0.15, 0.2) is 6.10 Å². The summed E-state index contributed by atoms with van der Waals surface area (Å²) in [6.45, 7) is 2.46. The van der Waals surface area contributed by atoms with Gasteiger partial charge >= 0.3 is 0 Å². The second kappa shape index (κ2) is 4.70. The van der Waals surface area contributed by atoms with Gasteiger partial charge in [-0.3, -0.25) is 9.59 Å². The first-order valence-electron chi connectivity index (χ1n) is 8.29. The number of hydrogen-bond donors (Lipinski definition) is 0. The van der Waals surface area contributed by atoms with E-state index in [1.165, 1.54) is 12.8 Å². The van der Waals surface area contributed by atoms with Crippen LogP contribution in [0.4, 0.5) is 0 Å². The van der Waals surface area contributed by atoms with Gasteiger partial charge in [-0.15, -0.1) is 0 Å². The third kappa shape index (κ3) is 2.08. The first-order valence-corrected chi connectivity index (χ1v) is 8.29. The molecule has 0 N–H and O–H groups in total. The molecule has 0 aromatic rings. The van der Waals surface area contributed by atoms with Crippen molar-refractivity contribution in [3.8, 4) is 0 Å². The number of amides is 2. The molecule has 116 valence electrons. The zero-order valence-corrected chi connectivity index (χ0v) is 12.7. The van der Waals surface area contributed by atoms with Crippen molar-refractivity contribution in [3.63, 3.8) is 0 Å². The van der Waals surface area contributed by atoms with Crippen LogP contribution in [-0.2, 0) is 14.3 Å². The quantitative estimate of drug-likeness (QED) is 0.727. The summed E-state index contributed by atoms with van der Waals surface area (Å²) in [7, 11) is 1.64. The number of likely N-dealkylation sites (tertiary alicyclic amines) is 2. The van der Waals surface area contributed by atoms with E-state index in [4.69, 9.17) is 4.74 Å². The Labute approximate surface area is 125 Å². The maximum Gasteiger partial charge on any atom is 0.254 e. The van der Waals surface area contributed by atoms with E-state index in [1.54, 1.807) is 7.11 Å². The normalized spacial score (nSPS) is 31.5. The minimum atomic E-state index is -0.283. The van der Waals surface area contributed by atoms with Gasteiger partial charge in [-0.25, -0.2) is 0 Å². The number of nitrogens with zero attached hydrogens (tertiary/aromatic N) is 2. The molecule has 1 atom stereocenters. The lowest BCUT2D eigenvalue weighted by atomic mass is 9.72. The molecule has 2 amide bonds. The molecule has 5 heteroatoms. The smallest absolute Gasteiger partial charge is 0.254 e. The lowest BCUT2D eigenvalue weighted by Crippen LogP contribution is -2.77. The lowest BCUT2D eigenvalue weighted by Gasteiger charge is -2.59. The fourth-order valence-electron chi connectivity index (χ4n) is 4.05. The number of carbonyl (C=O) groups is 2. The minimum Gasteiger partial charge on any atom is -0.369 e. The molecule has 4 fully saturated rings. The van der Waals surface area contributed by atoms with Gasteiger partial charge in [0.25, 0.3) is 5.91 Å². The summed E-state index contributed by atoms with van der Waals surface area (Å²) >= 11 is 0. The molecule has 0 bridgehead atoms. The fraction of sp³-hybridized carbons (Fsp3) is 0.875. The number of carbonyl (C=O) groups excluding carboxylic acids is 2. The van der Waals surface area contributed by atoms with Gasteiger partial charge in [-0.05, 0) is 44.4 Å². The molecule has 4 rings (SSSR count). The Bertz CT molecular complexity index is 462. The lowest BCUT2D eigenvalue weighted by molar-refractivity contribution is -0.199. The zero-order valence-electron chi connectivity index (χ0n) is 12.7. The van der Waals surface area contributed by atoms with Crippen LogP contribution in [-0.4, -0.2) is 60.0 Å². The van der Waals surface area contributed by atoms with Gasteiger partial charge in [-0.2, -0.15) is 0 Å². The Hall–Kier alpha value is -1.10. The van der Waals surface area contributed by atoms with Crippen LogP contribution in [0.1, 0.15) is 38.5 Å². The highest BCUT2D eigenvalue weighted by Crippen LogP contribution is 2.46. The molecular weight excluding hydrogens is 268 g/mol. The summed E-state index contributed by atoms with van der Waals surface area (Å²) in [6, 6.07) is 0. The van der Waals surface area contributed by atoms with Gasteiger partial charge in [0, 0.05) is 32.7 Å². The van der Waals surface area contributed by atoms with Crippen molar-refractivity contribution >= 4 is 11.8 Å². The minimum absolute atomic E-state index is 0.130. The number of methoxy groups -OCH3 is 1. The summed E-state index contributed by atoms with van der Waals surface area (Å²) < 4.78 is 5.48. The molecule has 21 heavy (non-hydrogen) atoms. The van der Waals surface area contributed by atoms with E-state index in [1.807, 2.05) is 4.90 Å². The van der Waals surface area contributed by atoms with E-state index < -0.39 is 0 Å². The Morgan fingerprint density at radius 2 is 1.90 bits per heavy atom. The Morgan fingerprint density at radius 3 is 2.43 bits per heavy atom. The Balaban J connectivity index is 1.44. The van der Waals surface area contributed by atoms with Crippen molar-refractivity contribution in [2.75, 3.05) is 26.7 Å². The van der Waals surface area contributed by atoms with E-state index in [2.05, 4.69) is 4.90 Å². The molecule has 5 nitrogen and oxygen atoms in total. The second-order valence-electron chi connectivity index (χ2n) is 7.21.